The van der Waals surface area contributed by atoms with Gasteiger partial charge < -0.3 is 5.32 Å². The van der Waals surface area contributed by atoms with Crippen LogP contribution in [0.1, 0.15) is 5.56 Å². The fourth-order valence-electron chi connectivity index (χ4n) is 2.96. The summed E-state index contributed by atoms with van der Waals surface area (Å²) in [5.41, 5.74) is 5.40. The lowest BCUT2D eigenvalue weighted by Gasteiger charge is -2.07. The highest BCUT2D eigenvalue weighted by Crippen LogP contribution is 2.23. The quantitative estimate of drug-likeness (QED) is 0.526. The Morgan fingerprint density at radius 3 is 2.86 bits per heavy atom. The van der Waals surface area contributed by atoms with Crippen molar-refractivity contribution in [1.29, 1.82) is 0 Å². The average molecular weight is 370 g/mol. The van der Waals surface area contributed by atoms with Gasteiger partial charge in [0, 0.05) is 60.3 Å². The van der Waals surface area contributed by atoms with E-state index in [9.17, 15) is 4.79 Å². The van der Waals surface area contributed by atoms with Crippen molar-refractivity contribution in [3.8, 4) is 22.4 Å². The molecule has 0 spiro atoms. The number of nitrogens with one attached hydrogen (secondary N) is 2. The lowest BCUT2D eigenvalue weighted by atomic mass is 10.0. The van der Waals surface area contributed by atoms with Crippen LogP contribution in [-0.4, -0.2) is 30.9 Å². The summed E-state index contributed by atoms with van der Waals surface area (Å²) in [6.45, 7) is 0. The molecule has 0 radical (unpaired) electrons. The molecule has 0 atom stereocenters. The van der Waals surface area contributed by atoms with E-state index < -0.39 is 0 Å². The smallest absolute Gasteiger partial charge is 0.248 e. The lowest BCUT2D eigenvalue weighted by Crippen LogP contribution is -2.07. The third-order valence-electron chi connectivity index (χ3n) is 4.32. The molecule has 7 nitrogen and oxygen atoms in total. The molecule has 0 aliphatic carbocycles. The predicted octanol–water partition coefficient (Wildman–Crippen LogP) is 3.52. The number of anilines is 1. The molecule has 4 aromatic rings. The highest BCUT2D eigenvalue weighted by Gasteiger charge is 2.06. The van der Waals surface area contributed by atoms with Gasteiger partial charge in [-0.25, -0.2) is 0 Å². The fraction of sp³-hybridized carbons (Fsp3) is 0.0476. The first-order valence-corrected chi connectivity index (χ1v) is 8.71. The lowest BCUT2D eigenvalue weighted by molar-refractivity contribution is -0.111. The van der Waals surface area contributed by atoms with Crippen molar-refractivity contribution in [2.75, 3.05) is 5.32 Å². The minimum absolute atomic E-state index is 0.218. The van der Waals surface area contributed by atoms with E-state index in [-0.39, 0.29) is 5.91 Å². The molecule has 0 saturated carbocycles. The number of hydrogen-bond acceptors (Lipinski definition) is 4. The first kappa shape index (κ1) is 17.4. The SMILES string of the molecule is Cn1nccc1-c1cccc(NC(=O)/C=C/c2cnccc2-c2cn[nH]c2)c1. The highest BCUT2D eigenvalue weighted by atomic mass is 16.1. The van der Waals surface area contributed by atoms with Crippen molar-refractivity contribution in [2.45, 2.75) is 0 Å². The van der Waals surface area contributed by atoms with Crippen LogP contribution in [0.5, 0.6) is 0 Å². The Hall–Kier alpha value is -4.00. The minimum atomic E-state index is -0.218. The van der Waals surface area contributed by atoms with Gasteiger partial charge in [0.2, 0.25) is 5.91 Å². The van der Waals surface area contributed by atoms with Crippen molar-refractivity contribution in [2.24, 2.45) is 7.05 Å². The van der Waals surface area contributed by atoms with Gasteiger partial charge in [-0.2, -0.15) is 10.2 Å². The Balaban J connectivity index is 1.51. The van der Waals surface area contributed by atoms with E-state index in [0.717, 1.165) is 33.6 Å². The first-order valence-electron chi connectivity index (χ1n) is 8.71. The molecule has 0 saturated heterocycles. The number of rotatable bonds is 5. The highest BCUT2D eigenvalue weighted by molar-refractivity contribution is 6.02. The van der Waals surface area contributed by atoms with Crippen LogP contribution in [0.3, 0.4) is 0 Å². The van der Waals surface area contributed by atoms with Crippen LogP contribution in [0, 0.1) is 0 Å². The van der Waals surface area contributed by atoms with Crippen LogP contribution in [0.25, 0.3) is 28.5 Å². The van der Waals surface area contributed by atoms with Crippen molar-refractivity contribution in [3.05, 3.63) is 79.0 Å². The molecular weight excluding hydrogens is 352 g/mol. The predicted molar refractivity (Wildman–Crippen MR) is 108 cm³/mol. The van der Waals surface area contributed by atoms with Crippen molar-refractivity contribution in [3.63, 3.8) is 0 Å². The summed E-state index contributed by atoms with van der Waals surface area (Å²) in [5.74, 6) is -0.218. The normalized spacial score (nSPS) is 11.0. The second kappa shape index (κ2) is 7.71. The van der Waals surface area contributed by atoms with Gasteiger partial charge in [0.15, 0.2) is 0 Å². The van der Waals surface area contributed by atoms with E-state index >= 15 is 0 Å². The molecule has 3 aromatic heterocycles. The summed E-state index contributed by atoms with van der Waals surface area (Å²) in [7, 11) is 1.88. The zero-order valence-electron chi connectivity index (χ0n) is 15.2. The Morgan fingerprint density at radius 1 is 1.14 bits per heavy atom. The largest absolute Gasteiger partial charge is 0.322 e. The molecule has 3 heterocycles. The van der Waals surface area contributed by atoms with E-state index in [2.05, 4.69) is 25.6 Å². The van der Waals surface area contributed by atoms with Gasteiger partial charge in [-0.1, -0.05) is 12.1 Å². The van der Waals surface area contributed by atoms with Gasteiger partial charge in [0.1, 0.15) is 0 Å². The second-order valence-electron chi connectivity index (χ2n) is 6.19. The van der Waals surface area contributed by atoms with Crippen LogP contribution in [-0.2, 0) is 11.8 Å². The van der Waals surface area contributed by atoms with Crippen LogP contribution in [0.4, 0.5) is 5.69 Å². The topological polar surface area (TPSA) is 88.5 Å². The van der Waals surface area contributed by atoms with Gasteiger partial charge in [0.05, 0.1) is 11.9 Å². The Kier molecular flexibility index (Phi) is 4.79. The van der Waals surface area contributed by atoms with Crippen molar-refractivity contribution >= 4 is 17.7 Å². The Morgan fingerprint density at radius 2 is 2.07 bits per heavy atom. The summed E-state index contributed by atoms with van der Waals surface area (Å²) in [6.07, 6.45) is 12.0. The van der Waals surface area contributed by atoms with Crippen molar-refractivity contribution in [1.82, 2.24) is 25.0 Å². The summed E-state index contributed by atoms with van der Waals surface area (Å²) in [5, 5.41) is 13.8. The average Bonchev–Trinajstić information content (AvgIpc) is 3.39. The minimum Gasteiger partial charge on any atom is -0.322 e. The van der Waals surface area contributed by atoms with Crippen molar-refractivity contribution < 1.29 is 4.79 Å². The van der Waals surface area contributed by atoms with E-state index in [1.54, 1.807) is 41.7 Å². The Bertz CT molecular complexity index is 1130. The maximum atomic E-state index is 12.4. The number of carbonyl (C=O) groups is 1. The zero-order valence-corrected chi connectivity index (χ0v) is 15.2. The molecule has 0 unspecified atom stereocenters. The van der Waals surface area contributed by atoms with Gasteiger partial charge in [-0.05, 0) is 35.9 Å². The molecule has 7 heteroatoms. The molecule has 4 rings (SSSR count). The number of nitrogens with zero attached hydrogens (tertiary/aromatic N) is 4. The second-order valence-corrected chi connectivity index (χ2v) is 6.19. The summed E-state index contributed by atoms with van der Waals surface area (Å²) >= 11 is 0. The third-order valence-corrected chi connectivity index (χ3v) is 4.32. The van der Waals surface area contributed by atoms with Gasteiger partial charge in [-0.3, -0.25) is 19.6 Å². The fourth-order valence-corrected chi connectivity index (χ4v) is 2.96. The van der Waals surface area contributed by atoms with E-state index in [0.29, 0.717) is 0 Å². The number of benzene rings is 1. The number of hydrogen-bond donors (Lipinski definition) is 2. The molecule has 138 valence electrons. The number of aromatic amines is 1. The number of aromatic nitrogens is 5. The molecule has 1 aromatic carbocycles. The maximum absolute atomic E-state index is 12.4. The number of pyridine rings is 1. The van der Waals surface area contributed by atoms with Crippen LogP contribution in [0.2, 0.25) is 0 Å². The molecular formula is C21H18N6O. The zero-order chi connectivity index (χ0) is 19.3. The molecule has 0 fully saturated rings. The van der Waals surface area contributed by atoms with E-state index in [4.69, 9.17) is 0 Å². The number of carbonyl (C=O) groups excluding carboxylic acids is 1. The molecule has 0 bridgehead atoms. The van der Waals surface area contributed by atoms with Crippen LogP contribution in [0.15, 0.2) is 73.5 Å². The van der Waals surface area contributed by atoms with Crippen LogP contribution < -0.4 is 5.32 Å². The summed E-state index contributed by atoms with van der Waals surface area (Å²) < 4.78 is 1.79. The van der Waals surface area contributed by atoms with Crippen LogP contribution >= 0.6 is 0 Å². The molecule has 2 N–H and O–H groups in total. The molecule has 0 aliphatic heterocycles. The third kappa shape index (κ3) is 3.73. The standard InChI is InChI=1S/C21H18N6O/c1-27-20(8-10-25-27)15-3-2-4-18(11-15)26-21(28)6-5-16-12-22-9-7-19(16)17-13-23-24-14-17/h2-14H,1H3,(H,23,24)(H,26,28)/b6-5+. The molecule has 1 amide bonds. The summed E-state index contributed by atoms with van der Waals surface area (Å²) in [4.78, 5) is 16.5. The number of H-pyrrole nitrogens is 1. The number of amides is 1. The van der Waals surface area contributed by atoms with Gasteiger partial charge in [-0.15, -0.1) is 0 Å². The van der Waals surface area contributed by atoms with Gasteiger partial charge >= 0.3 is 0 Å². The van der Waals surface area contributed by atoms with Gasteiger partial charge in [0.25, 0.3) is 0 Å². The first-order chi connectivity index (χ1) is 13.7. The number of aryl methyl sites for hydroxylation is 1. The summed E-state index contributed by atoms with van der Waals surface area (Å²) in [6, 6.07) is 11.5. The maximum Gasteiger partial charge on any atom is 0.248 e. The van der Waals surface area contributed by atoms with E-state index in [1.165, 1.54) is 6.08 Å². The van der Waals surface area contributed by atoms with E-state index in [1.807, 2.05) is 43.4 Å². The Labute approximate surface area is 161 Å². The molecule has 28 heavy (non-hydrogen) atoms. The molecule has 0 aliphatic rings. The monoisotopic (exact) mass is 370 g/mol.